The number of aliphatic hydroxyl groups is 5. The molecule has 18 atom stereocenters. The minimum Gasteiger partial charge on any atom is -0.459 e. The Bertz CT molecular complexity index is 1270. The fourth-order valence-electron chi connectivity index (χ4n) is 8.41. The fourth-order valence-corrected chi connectivity index (χ4v) is 8.41. The fraction of sp³-hybridized carbons (Fsp3) is 0.921. The molecular formula is C38H68N2O13S. The van der Waals surface area contributed by atoms with Gasteiger partial charge >= 0.3 is 5.97 Å². The van der Waals surface area contributed by atoms with Gasteiger partial charge in [-0.05, 0) is 74.9 Å². The Morgan fingerprint density at radius 2 is 1.52 bits per heavy atom. The predicted molar refractivity (Wildman–Crippen MR) is 201 cm³/mol. The lowest BCUT2D eigenvalue weighted by Crippen LogP contribution is -2.61. The standard InChI is InChI=1S/C37H67NO13.CHNS/c1-14-25-37(10,45)30(41)20(4)27(39)18(2)16-35(8,44)32(51-34-28(40)24(38(11)12)15-19(3)47-34)21(5)29(22(6)33(43)49-25)50-26-17-36(9,46-13)31(42)23(7)48-26;2-1-3/h18-26,28-32,34,40-42,44-45H,14-17H2,1-13H3;3H/t18-,19-,20+,21+,22-,23+,24+,25-,26+,28-,29+,30-,31+,32-,34+,35-,36-,37-;/m1./s1. The predicted octanol–water partition coefficient (Wildman–Crippen LogP) is 2.18. The molecule has 0 radical (unpaired) electrons. The highest BCUT2D eigenvalue weighted by Gasteiger charge is 2.53. The van der Waals surface area contributed by atoms with Crippen LogP contribution in [0.5, 0.6) is 0 Å². The van der Waals surface area contributed by atoms with E-state index in [1.54, 1.807) is 41.5 Å². The molecular weight excluding hydrogens is 724 g/mol. The summed E-state index contributed by atoms with van der Waals surface area (Å²) >= 11 is 3.09. The molecule has 3 aliphatic rings. The summed E-state index contributed by atoms with van der Waals surface area (Å²) in [5.41, 5.74) is -4.84. The number of esters is 1. The maximum atomic E-state index is 14.1. The van der Waals surface area contributed by atoms with Gasteiger partial charge in [-0.2, -0.15) is 5.26 Å². The average molecular weight is 793 g/mol. The third kappa shape index (κ3) is 11.1. The lowest BCUT2D eigenvalue weighted by atomic mass is 9.74. The Labute approximate surface area is 327 Å². The van der Waals surface area contributed by atoms with Crippen molar-refractivity contribution in [2.45, 2.75) is 179 Å². The average Bonchev–Trinajstić information content (AvgIpc) is 3.09. The van der Waals surface area contributed by atoms with E-state index in [1.807, 2.05) is 25.9 Å². The third-order valence-corrected chi connectivity index (χ3v) is 11.8. The van der Waals surface area contributed by atoms with Crippen molar-refractivity contribution in [1.82, 2.24) is 4.90 Å². The SMILES string of the molecule is CC[C@H]1OC(=O)[C@H](C)[C@@H](O[C@H]2C[C@@](C)(OC)[C@@H](O)[C@H](C)O2)[C@H](C)[C@@H](O[C@@H]2O[C@H](C)C[C@H](N(C)C)[C@H]2O)[C@](C)(O)C[C@@H](C)C(=O)[C@H](C)[C@@H](O)[C@]1(C)O.N#CS. The number of nitriles is 1. The topological polar surface area (TPSA) is 218 Å². The van der Waals surface area contributed by atoms with E-state index in [4.69, 9.17) is 33.7 Å². The van der Waals surface area contributed by atoms with Gasteiger partial charge in [-0.3, -0.25) is 9.59 Å². The number of thiol groups is 1. The number of carbonyl (C=O) groups is 2. The van der Waals surface area contributed by atoms with E-state index in [1.165, 1.54) is 33.3 Å². The van der Waals surface area contributed by atoms with Crippen molar-refractivity contribution < 1.29 is 63.5 Å². The van der Waals surface area contributed by atoms with Gasteiger partial charge in [-0.25, -0.2) is 0 Å². The number of nitrogens with zero attached hydrogens (tertiary/aromatic N) is 2. The van der Waals surface area contributed by atoms with Gasteiger partial charge in [0.1, 0.15) is 35.1 Å². The zero-order chi connectivity index (χ0) is 41.7. The Morgan fingerprint density at radius 3 is 2.04 bits per heavy atom. The number of carbonyl (C=O) groups excluding carboxylic acids is 2. The van der Waals surface area contributed by atoms with E-state index < -0.39 is 108 Å². The van der Waals surface area contributed by atoms with Crippen molar-refractivity contribution in [3.05, 3.63) is 0 Å². The number of hydrogen-bond donors (Lipinski definition) is 6. The molecule has 54 heavy (non-hydrogen) atoms. The third-order valence-electron chi connectivity index (χ3n) is 11.8. The summed E-state index contributed by atoms with van der Waals surface area (Å²) in [6, 6.07) is -0.324. The van der Waals surface area contributed by atoms with Crippen molar-refractivity contribution in [2.75, 3.05) is 21.2 Å². The van der Waals surface area contributed by atoms with Gasteiger partial charge in [0.05, 0.1) is 47.6 Å². The number of ether oxygens (including phenoxy) is 6. The number of likely N-dealkylation sites (N-methyl/N-ethyl adjacent to an activating group) is 1. The van der Waals surface area contributed by atoms with Crippen molar-refractivity contribution in [1.29, 1.82) is 5.26 Å². The van der Waals surface area contributed by atoms with Crippen LogP contribution in [0.1, 0.15) is 94.9 Å². The van der Waals surface area contributed by atoms with Crippen LogP contribution in [0.15, 0.2) is 0 Å². The molecule has 0 aromatic rings. The van der Waals surface area contributed by atoms with Gasteiger partial charge in [0, 0.05) is 37.3 Å². The van der Waals surface area contributed by atoms with Crippen LogP contribution in [0.3, 0.4) is 0 Å². The summed E-state index contributed by atoms with van der Waals surface area (Å²) in [6.07, 6.45) is -9.71. The first-order valence-corrected chi connectivity index (χ1v) is 19.4. The van der Waals surface area contributed by atoms with Crippen molar-refractivity contribution >= 4 is 24.4 Å². The van der Waals surface area contributed by atoms with E-state index in [-0.39, 0.29) is 31.4 Å². The number of thiocyanates is 1. The molecule has 314 valence electrons. The molecule has 0 amide bonds. The largest absolute Gasteiger partial charge is 0.459 e. The smallest absolute Gasteiger partial charge is 0.311 e. The highest BCUT2D eigenvalue weighted by molar-refractivity contribution is 7.85. The van der Waals surface area contributed by atoms with E-state index in [2.05, 4.69) is 12.6 Å². The zero-order valence-corrected chi connectivity index (χ0v) is 35.2. The number of aliphatic hydroxyl groups excluding tert-OH is 3. The number of cyclic esters (lactones) is 1. The molecule has 3 saturated heterocycles. The van der Waals surface area contributed by atoms with Crippen LogP contribution >= 0.6 is 12.6 Å². The highest BCUT2D eigenvalue weighted by Crippen LogP contribution is 2.40. The molecule has 3 rings (SSSR count). The van der Waals surface area contributed by atoms with Crippen LogP contribution in [0, 0.1) is 34.3 Å². The zero-order valence-electron chi connectivity index (χ0n) is 34.3. The van der Waals surface area contributed by atoms with Crippen LogP contribution in [-0.2, 0) is 38.0 Å². The summed E-state index contributed by atoms with van der Waals surface area (Å²) in [5.74, 6) is -4.98. The number of Topliss-reactive ketones (excluding diaryl/α,β-unsaturated/α-hetero) is 1. The summed E-state index contributed by atoms with van der Waals surface area (Å²) in [7, 11) is 5.18. The maximum Gasteiger partial charge on any atom is 0.311 e. The summed E-state index contributed by atoms with van der Waals surface area (Å²) < 4.78 is 37.1. The van der Waals surface area contributed by atoms with Crippen LogP contribution in [0.2, 0.25) is 0 Å². The second-order valence-corrected chi connectivity index (χ2v) is 16.8. The molecule has 0 spiro atoms. The van der Waals surface area contributed by atoms with Gasteiger partial charge < -0.3 is 58.9 Å². The Kier molecular flexibility index (Phi) is 17.9. The monoisotopic (exact) mass is 792 g/mol. The molecule has 0 bridgehead atoms. The first-order valence-electron chi connectivity index (χ1n) is 18.9. The molecule has 15 nitrogen and oxygen atoms in total. The lowest BCUT2D eigenvalue weighted by Gasteiger charge is -2.49. The highest BCUT2D eigenvalue weighted by atomic mass is 32.1. The van der Waals surface area contributed by atoms with Gasteiger partial charge in [-0.15, -0.1) is 0 Å². The molecule has 3 aliphatic heterocycles. The maximum absolute atomic E-state index is 14.1. The summed E-state index contributed by atoms with van der Waals surface area (Å²) in [4.78, 5) is 29.8. The minimum atomic E-state index is -1.99. The van der Waals surface area contributed by atoms with E-state index in [9.17, 15) is 35.1 Å². The molecule has 0 unspecified atom stereocenters. The van der Waals surface area contributed by atoms with E-state index in [0.717, 1.165) is 0 Å². The number of hydrogen-bond acceptors (Lipinski definition) is 16. The molecule has 3 heterocycles. The number of rotatable bonds is 7. The van der Waals surface area contributed by atoms with Gasteiger partial charge in [0.25, 0.3) is 0 Å². The Balaban J connectivity index is 0.00000325. The summed E-state index contributed by atoms with van der Waals surface area (Å²) in [5, 5.41) is 66.2. The Hall–Kier alpha value is -1.46. The van der Waals surface area contributed by atoms with Crippen molar-refractivity contribution in [2.24, 2.45) is 23.7 Å². The van der Waals surface area contributed by atoms with Gasteiger partial charge in [0.15, 0.2) is 12.6 Å². The first kappa shape index (κ1) is 48.7. The molecule has 0 saturated carbocycles. The molecule has 5 N–H and O–H groups in total. The first-order chi connectivity index (χ1) is 24.8. The molecule has 3 fully saturated rings. The normalized spacial score (nSPS) is 47.1. The quantitative estimate of drug-likeness (QED) is 0.124. The molecule has 0 aliphatic carbocycles. The van der Waals surface area contributed by atoms with E-state index in [0.29, 0.717) is 6.42 Å². The van der Waals surface area contributed by atoms with Gasteiger partial charge in [0.2, 0.25) is 0 Å². The Morgan fingerprint density at radius 1 is 0.944 bits per heavy atom. The van der Waals surface area contributed by atoms with Crippen molar-refractivity contribution in [3.63, 3.8) is 0 Å². The summed E-state index contributed by atoms with van der Waals surface area (Å²) in [6.45, 7) is 16.3. The van der Waals surface area contributed by atoms with Crippen LogP contribution in [0.4, 0.5) is 0 Å². The number of ketones is 1. The number of methoxy groups -OCH3 is 1. The van der Waals surface area contributed by atoms with Crippen LogP contribution < -0.4 is 0 Å². The molecule has 0 aromatic heterocycles. The lowest BCUT2D eigenvalue weighted by molar-refractivity contribution is -0.318. The second kappa shape index (κ2) is 19.8. The second-order valence-electron chi connectivity index (χ2n) is 16.6. The van der Waals surface area contributed by atoms with E-state index >= 15 is 0 Å². The van der Waals surface area contributed by atoms with Gasteiger partial charge in [-0.1, -0.05) is 40.3 Å². The van der Waals surface area contributed by atoms with Crippen LogP contribution in [0.25, 0.3) is 0 Å². The minimum absolute atomic E-state index is 0.0936. The molecule has 0 aromatic carbocycles. The van der Waals surface area contributed by atoms with Crippen molar-refractivity contribution in [3.8, 4) is 5.40 Å². The molecule has 16 heteroatoms. The van der Waals surface area contributed by atoms with Crippen LogP contribution in [-0.4, -0.2) is 148 Å².